The normalized spacial score (nSPS) is 10.5. The summed E-state index contributed by atoms with van der Waals surface area (Å²) in [6, 6.07) is 14.5. The Balaban J connectivity index is 1.59. The summed E-state index contributed by atoms with van der Waals surface area (Å²) in [7, 11) is 1.67. The van der Waals surface area contributed by atoms with Gasteiger partial charge in [0.1, 0.15) is 5.75 Å². The van der Waals surface area contributed by atoms with Crippen molar-refractivity contribution in [3.05, 3.63) is 59.2 Å². The van der Waals surface area contributed by atoms with Crippen LogP contribution in [-0.2, 0) is 11.2 Å². The van der Waals surface area contributed by atoms with Crippen LogP contribution in [0.15, 0.2) is 47.4 Å². The van der Waals surface area contributed by atoms with Gasteiger partial charge in [0.2, 0.25) is 5.91 Å². The van der Waals surface area contributed by atoms with Gasteiger partial charge in [-0.2, -0.15) is 0 Å². The first-order chi connectivity index (χ1) is 12.1. The zero-order valence-corrected chi connectivity index (χ0v) is 16.1. The number of benzene rings is 2. The molecule has 0 aliphatic heterocycles. The molecule has 2 aromatic carbocycles. The number of ether oxygens (including phenoxy) is 1. The molecule has 3 nitrogen and oxygen atoms in total. The molecule has 4 heteroatoms. The molecule has 0 aromatic heterocycles. The van der Waals surface area contributed by atoms with Crippen molar-refractivity contribution in [1.82, 2.24) is 5.32 Å². The molecule has 0 spiro atoms. The minimum Gasteiger partial charge on any atom is -0.497 e. The van der Waals surface area contributed by atoms with E-state index in [1.54, 1.807) is 18.9 Å². The number of carbonyl (C=O) groups excluding carboxylic acids is 1. The molecular weight excluding hydrogens is 330 g/mol. The first-order valence-corrected chi connectivity index (χ1v) is 9.66. The quantitative estimate of drug-likeness (QED) is 0.529. The molecule has 1 amide bonds. The van der Waals surface area contributed by atoms with Gasteiger partial charge in [0, 0.05) is 23.6 Å². The summed E-state index contributed by atoms with van der Waals surface area (Å²) < 4.78 is 5.15. The van der Waals surface area contributed by atoms with Gasteiger partial charge >= 0.3 is 0 Å². The highest BCUT2D eigenvalue weighted by Gasteiger charge is 2.03. The van der Waals surface area contributed by atoms with Gasteiger partial charge in [-0.1, -0.05) is 18.2 Å². The maximum absolute atomic E-state index is 11.9. The van der Waals surface area contributed by atoms with Gasteiger partial charge in [-0.05, 0) is 67.6 Å². The smallest absolute Gasteiger partial charge is 0.220 e. The molecule has 1 N–H and O–H groups in total. The number of amides is 1. The van der Waals surface area contributed by atoms with E-state index in [0.717, 1.165) is 30.9 Å². The third-order valence-corrected chi connectivity index (χ3v) is 5.20. The van der Waals surface area contributed by atoms with Crippen molar-refractivity contribution in [2.75, 3.05) is 19.4 Å². The Morgan fingerprint density at radius 3 is 2.52 bits per heavy atom. The number of rotatable bonds is 9. The van der Waals surface area contributed by atoms with Gasteiger partial charge in [0.15, 0.2) is 0 Å². The number of hydrogen-bond acceptors (Lipinski definition) is 3. The molecule has 134 valence electrons. The fourth-order valence-corrected chi connectivity index (χ4v) is 3.41. The first-order valence-electron chi connectivity index (χ1n) is 8.68. The lowest BCUT2D eigenvalue weighted by atomic mass is 10.1. The number of carbonyl (C=O) groups is 1. The molecule has 0 unspecified atom stereocenters. The van der Waals surface area contributed by atoms with Crippen LogP contribution in [0.5, 0.6) is 5.75 Å². The highest BCUT2D eigenvalue weighted by Crippen LogP contribution is 2.21. The standard InChI is InChI=1S/C21H27NO2S/c1-16-6-11-20(15-17(16)2)25-14-12-21(23)22-13-4-5-18-7-9-19(24-3)10-8-18/h6-11,15H,4-5,12-14H2,1-3H3,(H,22,23). The Labute approximate surface area is 155 Å². The van der Waals surface area contributed by atoms with Crippen molar-refractivity contribution in [3.63, 3.8) is 0 Å². The van der Waals surface area contributed by atoms with E-state index >= 15 is 0 Å². The van der Waals surface area contributed by atoms with Crippen molar-refractivity contribution in [2.24, 2.45) is 0 Å². The topological polar surface area (TPSA) is 38.3 Å². The van der Waals surface area contributed by atoms with E-state index in [0.29, 0.717) is 6.42 Å². The van der Waals surface area contributed by atoms with Crippen molar-refractivity contribution < 1.29 is 9.53 Å². The van der Waals surface area contributed by atoms with Crippen LogP contribution in [0.2, 0.25) is 0 Å². The lowest BCUT2D eigenvalue weighted by Crippen LogP contribution is -2.24. The van der Waals surface area contributed by atoms with Crippen LogP contribution < -0.4 is 10.1 Å². The predicted octanol–water partition coefficient (Wildman–Crippen LogP) is 4.54. The fraction of sp³-hybridized carbons (Fsp3) is 0.381. The summed E-state index contributed by atoms with van der Waals surface area (Å²) in [4.78, 5) is 13.1. The van der Waals surface area contributed by atoms with Crippen LogP contribution in [0, 0.1) is 13.8 Å². The lowest BCUT2D eigenvalue weighted by Gasteiger charge is -2.07. The predicted molar refractivity (Wildman–Crippen MR) is 106 cm³/mol. The molecular formula is C21H27NO2S. The maximum Gasteiger partial charge on any atom is 0.220 e. The molecule has 2 rings (SSSR count). The zero-order valence-electron chi connectivity index (χ0n) is 15.3. The summed E-state index contributed by atoms with van der Waals surface area (Å²) in [5.41, 5.74) is 3.87. The SMILES string of the molecule is COc1ccc(CCCNC(=O)CCSc2ccc(C)c(C)c2)cc1. The molecule has 0 aliphatic rings. The first kappa shape index (κ1) is 19.4. The van der Waals surface area contributed by atoms with E-state index in [1.807, 2.05) is 12.1 Å². The van der Waals surface area contributed by atoms with E-state index < -0.39 is 0 Å². The molecule has 0 atom stereocenters. The highest BCUT2D eigenvalue weighted by atomic mass is 32.2. The van der Waals surface area contributed by atoms with Gasteiger partial charge < -0.3 is 10.1 Å². The monoisotopic (exact) mass is 357 g/mol. The number of thioether (sulfide) groups is 1. The molecule has 2 aromatic rings. The van der Waals surface area contributed by atoms with E-state index in [1.165, 1.54) is 21.6 Å². The van der Waals surface area contributed by atoms with Crippen LogP contribution >= 0.6 is 11.8 Å². The minimum atomic E-state index is 0.131. The van der Waals surface area contributed by atoms with Gasteiger partial charge in [-0.25, -0.2) is 0 Å². The summed E-state index contributed by atoms with van der Waals surface area (Å²) in [6.07, 6.45) is 2.46. The zero-order chi connectivity index (χ0) is 18.1. The van der Waals surface area contributed by atoms with Crippen molar-refractivity contribution in [1.29, 1.82) is 0 Å². The maximum atomic E-state index is 11.9. The van der Waals surface area contributed by atoms with Crippen molar-refractivity contribution in [3.8, 4) is 5.75 Å². The second-order valence-electron chi connectivity index (χ2n) is 6.15. The second kappa shape index (κ2) is 10.1. The number of methoxy groups -OCH3 is 1. The van der Waals surface area contributed by atoms with Crippen LogP contribution in [-0.4, -0.2) is 25.3 Å². The van der Waals surface area contributed by atoms with Crippen LogP contribution in [0.3, 0.4) is 0 Å². The molecule has 0 bridgehead atoms. The van der Waals surface area contributed by atoms with Crippen LogP contribution in [0.1, 0.15) is 29.5 Å². The molecule has 25 heavy (non-hydrogen) atoms. The molecule has 0 fully saturated rings. The van der Waals surface area contributed by atoms with Gasteiger partial charge in [-0.15, -0.1) is 11.8 Å². The van der Waals surface area contributed by atoms with Crippen LogP contribution in [0.25, 0.3) is 0 Å². The van der Waals surface area contributed by atoms with Crippen LogP contribution in [0.4, 0.5) is 0 Å². The van der Waals surface area contributed by atoms with Crippen molar-refractivity contribution in [2.45, 2.75) is 38.0 Å². The number of hydrogen-bond donors (Lipinski definition) is 1. The Hall–Kier alpha value is -1.94. The highest BCUT2D eigenvalue weighted by molar-refractivity contribution is 7.99. The Kier molecular flexibility index (Phi) is 7.86. The molecule has 0 aliphatic carbocycles. The lowest BCUT2D eigenvalue weighted by molar-refractivity contribution is -0.120. The minimum absolute atomic E-state index is 0.131. The van der Waals surface area contributed by atoms with Gasteiger partial charge in [-0.3, -0.25) is 4.79 Å². The third kappa shape index (κ3) is 6.83. The van der Waals surface area contributed by atoms with Crippen molar-refractivity contribution >= 4 is 17.7 Å². The van der Waals surface area contributed by atoms with Gasteiger partial charge in [0.05, 0.1) is 7.11 Å². The molecule has 0 heterocycles. The third-order valence-electron chi connectivity index (χ3n) is 4.20. The number of nitrogens with one attached hydrogen (secondary N) is 1. The second-order valence-corrected chi connectivity index (χ2v) is 7.31. The summed E-state index contributed by atoms with van der Waals surface area (Å²) >= 11 is 1.74. The average Bonchev–Trinajstić information content (AvgIpc) is 2.62. The number of aryl methyl sites for hydroxylation is 3. The molecule has 0 saturated carbocycles. The fourth-order valence-electron chi connectivity index (χ4n) is 2.47. The average molecular weight is 358 g/mol. The summed E-state index contributed by atoms with van der Waals surface area (Å²) in [5.74, 6) is 1.82. The van der Waals surface area contributed by atoms with E-state index in [2.05, 4.69) is 49.5 Å². The molecule has 0 saturated heterocycles. The van der Waals surface area contributed by atoms with E-state index in [4.69, 9.17) is 4.74 Å². The Bertz CT molecular complexity index is 683. The van der Waals surface area contributed by atoms with E-state index in [9.17, 15) is 4.79 Å². The Morgan fingerprint density at radius 2 is 1.84 bits per heavy atom. The summed E-state index contributed by atoms with van der Waals surface area (Å²) in [5, 5.41) is 3.01. The summed E-state index contributed by atoms with van der Waals surface area (Å²) in [6.45, 7) is 4.96. The largest absolute Gasteiger partial charge is 0.497 e. The Morgan fingerprint density at radius 1 is 1.08 bits per heavy atom. The molecule has 0 radical (unpaired) electrons. The van der Waals surface area contributed by atoms with E-state index in [-0.39, 0.29) is 5.91 Å². The van der Waals surface area contributed by atoms with Gasteiger partial charge in [0.25, 0.3) is 0 Å².